The highest BCUT2D eigenvalue weighted by molar-refractivity contribution is 5.66. The second-order valence-electron chi connectivity index (χ2n) is 7.27. The molecule has 2 heterocycles. The van der Waals surface area contributed by atoms with Crippen molar-refractivity contribution >= 4 is 0 Å². The number of halogens is 2. The van der Waals surface area contributed by atoms with E-state index in [2.05, 4.69) is 16.8 Å². The van der Waals surface area contributed by atoms with Crippen molar-refractivity contribution in [2.75, 3.05) is 20.3 Å². The summed E-state index contributed by atoms with van der Waals surface area (Å²) >= 11 is 0. The lowest BCUT2D eigenvalue weighted by atomic mass is 10.0. The number of imidazole rings is 1. The van der Waals surface area contributed by atoms with Crippen LogP contribution in [-0.2, 0) is 11.3 Å². The van der Waals surface area contributed by atoms with Crippen LogP contribution in [0.1, 0.15) is 44.7 Å². The molecule has 0 radical (unpaired) electrons. The molecule has 0 saturated carbocycles. The fourth-order valence-corrected chi connectivity index (χ4v) is 3.07. The van der Waals surface area contributed by atoms with Crippen molar-refractivity contribution in [1.82, 2.24) is 9.55 Å². The van der Waals surface area contributed by atoms with Crippen molar-refractivity contribution in [3.8, 4) is 28.7 Å². The molecule has 0 spiro atoms. The maximum Gasteiger partial charge on any atom is 0.165 e. The van der Waals surface area contributed by atoms with E-state index in [0.717, 1.165) is 26.2 Å². The first-order valence-electron chi connectivity index (χ1n) is 11.5. The van der Waals surface area contributed by atoms with E-state index in [-0.39, 0.29) is 11.7 Å². The van der Waals surface area contributed by atoms with Gasteiger partial charge in [-0.2, -0.15) is 0 Å². The largest absolute Gasteiger partial charge is 0.505 e. The van der Waals surface area contributed by atoms with Crippen molar-refractivity contribution < 1.29 is 33.9 Å². The molecule has 1 fully saturated rings. The van der Waals surface area contributed by atoms with Gasteiger partial charge in [0.25, 0.3) is 0 Å². The van der Waals surface area contributed by atoms with E-state index in [1.165, 1.54) is 24.3 Å². The van der Waals surface area contributed by atoms with Crippen LogP contribution in [0.2, 0.25) is 0 Å². The van der Waals surface area contributed by atoms with Crippen molar-refractivity contribution in [2.24, 2.45) is 0 Å². The molecule has 1 unspecified atom stereocenters. The molecule has 9 heteroatoms. The fourth-order valence-electron chi connectivity index (χ4n) is 3.07. The maximum atomic E-state index is 14.3. The van der Waals surface area contributed by atoms with Crippen LogP contribution < -0.4 is 0 Å². The Bertz CT molecular complexity index is 1120. The van der Waals surface area contributed by atoms with Crippen molar-refractivity contribution in [3.05, 3.63) is 71.8 Å². The van der Waals surface area contributed by atoms with Crippen molar-refractivity contribution in [2.45, 2.75) is 45.9 Å². The third-order valence-electron chi connectivity index (χ3n) is 4.74. The molecule has 2 aromatic carbocycles. The summed E-state index contributed by atoms with van der Waals surface area (Å²) < 4.78 is 34.3. The van der Waals surface area contributed by atoms with Crippen molar-refractivity contribution in [1.29, 1.82) is 0 Å². The van der Waals surface area contributed by atoms with Crippen LogP contribution in [0, 0.1) is 23.5 Å². The van der Waals surface area contributed by atoms with E-state index in [0.29, 0.717) is 30.1 Å². The number of aromatic nitrogens is 2. The highest BCUT2D eigenvalue weighted by Crippen LogP contribution is 2.27. The number of hydrogen-bond acceptors (Lipinski definition) is 6. The molecule has 1 aliphatic rings. The zero-order valence-corrected chi connectivity index (χ0v) is 20.9. The Morgan fingerprint density at radius 1 is 1.14 bits per heavy atom. The molecule has 0 aliphatic carbocycles. The molecular formula is C27H34F2N2O5. The van der Waals surface area contributed by atoms with Gasteiger partial charge in [-0.1, -0.05) is 37.8 Å². The van der Waals surface area contributed by atoms with E-state index in [4.69, 9.17) is 14.9 Å². The monoisotopic (exact) mass is 504 g/mol. The van der Waals surface area contributed by atoms with Crippen molar-refractivity contribution in [3.63, 3.8) is 0 Å². The molecule has 0 amide bonds. The average Bonchev–Trinajstić information content (AvgIpc) is 3.56. The number of nitrogens with zero attached hydrogens (tertiary/aromatic N) is 2. The summed E-state index contributed by atoms with van der Waals surface area (Å²) in [6.45, 7) is 7.21. The van der Waals surface area contributed by atoms with Gasteiger partial charge in [-0.15, -0.1) is 0 Å². The van der Waals surface area contributed by atoms with E-state index >= 15 is 0 Å². The Morgan fingerprint density at radius 2 is 1.86 bits per heavy atom. The number of benzene rings is 2. The number of rotatable bonds is 3. The normalized spacial score (nSPS) is 14.5. The highest BCUT2D eigenvalue weighted by atomic mass is 19.1. The fraction of sp³-hybridized carbons (Fsp3) is 0.370. The van der Waals surface area contributed by atoms with Gasteiger partial charge < -0.3 is 29.7 Å². The molecule has 0 bridgehead atoms. The number of hydrogen-bond donors (Lipinski definition) is 4. The highest BCUT2D eigenvalue weighted by Gasteiger charge is 2.10. The van der Waals surface area contributed by atoms with Crippen LogP contribution in [0.25, 0.3) is 11.1 Å². The lowest BCUT2D eigenvalue weighted by Gasteiger charge is -2.06. The summed E-state index contributed by atoms with van der Waals surface area (Å²) in [7, 11) is 1.00. The first-order valence-corrected chi connectivity index (χ1v) is 11.5. The van der Waals surface area contributed by atoms with Gasteiger partial charge in [0.1, 0.15) is 17.7 Å². The Morgan fingerprint density at radius 3 is 2.39 bits per heavy atom. The van der Waals surface area contributed by atoms with E-state index < -0.39 is 23.5 Å². The minimum Gasteiger partial charge on any atom is -0.505 e. The van der Waals surface area contributed by atoms with Gasteiger partial charge in [0, 0.05) is 37.2 Å². The Labute approximate surface area is 210 Å². The van der Waals surface area contributed by atoms with E-state index in [1.807, 2.05) is 13.8 Å². The molecule has 4 N–H and O–H groups in total. The quantitative estimate of drug-likeness (QED) is 0.401. The molecule has 1 saturated heterocycles. The van der Waals surface area contributed by atoms with Crippen LogP contribution in [0.3, 0.4) is 0 Å². The number of phenolic OH excluding ortho intramolecular Hbond substituents is 1. The molecular weight excluding hydrogens is 470 g/mol. The summed E-state index contributed by atoms with van der Waals surface area (Å²) in [5.74, 6) is 4.45. The lowest BCUT2D eigenvalue weighted by Crippen LogP contribution is -2.05. The SMILES string of the molecule is CC.CC(O)c1nccn1CC#Cc1ccc(-c2ccc(O)c(F)c2)c(F)c1.CO.O[C@@H]1CCOC1. The van der Waals surface area contributed by atoms with Crippen LogP contribution >= 0.6 is 0 Å². The Kier molecular flexibility index (Phi) is 14.0. The zero-order valence-electron chi connectivity index (χ0n) is 20.9. The van der Waals surface area contributed by atoms with Gasteiger partial charge in [-0.3, -0.25) is 0 Å². The van der Waals surface area contributed by atoms with Crippen LogP contribution in [0.15, 0.2) is 48.8 Å². The van der Waals surface area contributed by atoms with Gasteiger partial charge in [0.15, 0.2) is 11.6 Å². The van der Waals surface area contributed by atoms with Crippen LogP contribution in [0.4, 0.5) is 8.78 Å². The molecule has 1 aliphatic heterocycles. The number of aromatic hydroxyl groups is 1. The Hall–Kier alpha value is -3.29. The predicted octanol–water partition coefficient (Wildman–Crippen LogP) is 4.04. The first kappa shape index (κ1) is 30.7. The molecule has 4 rings (SSSR count). The zero-order chi connectivity index (χ0) is 27.1. The number of aliphatic hydroxyl groups is 3. The van der Waals surface area contributed by atoms with E-state index in [1.54, 1.807) is 30.0 Å². The van der Waals surface area contributed by atoms with Gasteiger partial charge in [-0.25, -0.2) is 13.8 Å². The summed E-state index contributed by atoms with van der Waals surface area (Å²) in [5.41, 5.74) is 1.03. The molecule has 3 aromatic rings. The average molecular weight is 505 g/mol. The third-order valence-corrected chi connectivity index (χ3v) is 4.74. The van der Waals surface area contributed by atoms with Gasteiger partial charge in [0.05, 0.1) is 19.3 Å². The second-order valence-corrected chi connectivity index (χ2v) is 7.27. The molecule has 36 heavy (non-hydrogen) atoms. The first-order chi connectivity index (χ1) is 17.3. The predicted molar refractivity (Wildman–Crippen MR) is 134 cm³/mol. The minimum atomic E-state index is -0.806. The number of ether oxygens (including phenoxy) is 1. The minimum absolute atomic E-state index is 0.176. The molecule has 2 atom stereocenters. The molecule has 7 nitrogen and oxygen atoms in total. The maximum absolute atomic E-state index is 14.3. The third kappa shape index (κ3) is 9.40. The summed E-state index contributed by atoms with van der Waals surface area (Å²) in [4.78, 5) is 4.05. The number of aliphatic hydroxyl groups excluding tert-OH is 3. The van der Waals surface area contributed by atoms with Crippen LogP contribution in [-0.4, -0.2) is 56.4 Å². The number of phenols is 1. The lowest BCUT2D eigenvalue weighted by molar-refractivity contribution is 0.127. The van der Waals surface area contributed by atoms with Gasteiger partial charge in [0.2, 0.25) is 0 Å². The van der Waals surface area contributed by atoms with Crippen LogP contribution in [0.5, 0.6) is 5.75 Å². The summed E-state index contributed by atoms with van der Waals surface area (Å²) in [6.07, 6.45) is 3.23. The van der Waals surface area contributed by atoms with Gasteiger partial charge in [-0.05, 0) is 43.2 Å². The van der Waals surface area contributed by atoms with Gasteiger partial charge >= 0.3 is 0 Å². The summed E-state index contributed by atoms with van der Waals surface area (Å²) in [5, 5.41) is 34.4. The smallest absolute Gasteiger partial charge is 0.165 e. The second kappa shape index (κ2) is 16.4. The summed E-state index contributed by atoms with van der Waals surface area (Å²) in [6, 6.07) is 8.14. The van der Waals surface area contributed by atoms with E-state index in [9.17, 15) is 19.0 Å². The standard InChI is InChI=1S/C20H16F2N2O2.C4H8O2.C2H6.CH4O/c1-13(25)20-23-8-10-24(20)9-2-3-14-4-6-16(17(21)11-14)15-5-7-19(26)18(22)12-15;5-4-1-2-6-3-4;2*1-2/h4-8,10-13,25-26H,9H2,1H3;4-5H,1-3H2;1-2H3;2H,1H3/t;4-;;/m.1../s1. The molecule has 1 aromatic heterocycles. The Balaban J connectivity index is 0.000000551. The topological polar surface area (TPSA) is 108 Å². The molecule has 196 valence electrons.